The first kappa shape index (κ1) is 21.5. The van der Waals surface area contributed by atoms with E-state index in [0.29, 0.717) is 18.7 Å². The second-order valence-electron chi connectivity index (χ2n) is 6.30. The summed E-state index contributed by atoms with van der Waals surface area (Å²) < 4.78 is 51.9. The van der Waals surface area contributed by atoms with Gasteiger partial charge in [-0.25, -0.2) is 9.37 Å². The van der Waals surface area contributed by atoms with Gasteiger partial charge in [0.1, 0.15) is 11.7 Å². The maximum atomic E-state index is 13.8. The number of nitrogens with zero attached hydrogens (tertiary/aromatic N) is 4. The van der Waals surface area contributed by atoms with Crippen LogP contribution in [-0.4, -0.2) is 50.8 Å². The second kappa shape index (κ2) is 8.25. The fraction of sp³-hybridized carbons (Fsp3) is 0.375. The maximum Gasteiger partial charge on any atom is 0.451 e. The highest BCUT2D eigenvalue weighted by atomic mass is 35.5. The monoisotopic (exact) mass is 451 g/mol. The van der Waals surface area contributed by atoms with Crippen LogP contribution >= 0.6 is 23.2 Å². The standard InChI is InChI=1S/C16H15Cl2F4N7/c17-8-1-2-9(19)12(18)7(8)6-29-4-3-25-13(24)11(29)5-10(23)14-26-15(28-27-14)16(20,21)22/h1-2,11,23H,3-6H2,(H2,24,25)(H,26,27,28). The first-order valence-corrected chi connectivity index (χ1v) is 9.07. The molecule has 2 heterocycles. The van der Waals surface area contributed by atoms with E-state index in [0.717, 1.165) is 6.07 Å². The molecule has 0 amide bonds. The second-order valence-corrected chi connectivity index (χ2v) is 7.09. The number of halogens is 6. The summed E-state index contributed by atoms with van der Waals surface area (Å²) in [6, 6.07) is 1.89. The third-order valence-electron chi connectivity index (χ3n) is 4.39. The molecule has 0 fully saturated rings. The van der Waals surface area contributed by atoms with Crippen molar-refractivity contribution in [2.45, 2.75) is 25.2 Å². The molecule has 7 nitrogen and oxygen atoms in total. The Kier molecular flexibility index (Phi) is 6.11. The van der Waals surface area contributed by atoms with Crippen LogP contribution in [0, 0.1) is 11.2 Å². The van der Waals surface area contributed by atoms with Crippen LogP contribution in [-0.2, 0) is 12.7 Å². The number of nitrogens with one attached hydrogen (secondary N) is 2. The predicted octanol–water partition coefficient (Wildman–Crippen LogP) is 3.27. The highest BCUT2D eigenvalue weighted by Crippen LogP contribution is 2.30. The topological polar surface area (TPSA) is 107 Å². The molecule has 13 heteroatoms. The fourth-order valence-electron chi connectivity index (χ4n) is 2.90. The summed E-state index contributed by atoms with van der Waals surface area (Å²) in [5, 5.41) is 13.5. The van der Waals surface area contributed by atoms with E-state index in [1.165, 1.54) is 6.07 Å². The van der Waals surface area contributed by atoms with E-state index in [1.54, 1.807) is 10.00 Å². The average molecular weight is 452 g/mol. The Morgan fingerprint density at radius 1 is 1.34 bits per heavy atom. The van der Waals surface area contributed by atoms with Crippen LogP contribution in [0.4, 0.5) is 17.6 Å². The van der Waals surface area contributed by atoms with E-state index in [4.69, 9.17) is 34.3 Å². The molecule has 29 heavy (non-hydrogen) atoms. The third kappa shape index (κ3) is 4.68. The van der Waals surface area contributed by atoms with Crippen molar-refractivity contribution in [3.05, 3.63) is 45.2 Å². The Labute approximate surface area is 172 Å². The molecule has 1 unspecified atom stereocenters. The molecular formula is C16H15Cl2F4N7. The zero-order valence-corrected chi connectivity index (χ0v) is 16.2. The summed E-state index contributed by atoms with van der Waals surface area (Å²) in [6.45, 7) is 0.883. The van der Waals surface area contributed by atoms with Gasteiger partial charge in [0.2, 0.25) is 5.82 Å². The molecule has 2 aromatic rings. The Hall–Kier alpha value is -2.24. The number of aromatic nitrogens is 3. The normalized spacial score (nSPS) is 18.0. The van der Waals surface area contributed by atoms with Gasteiger partial charge in [-0.2, -0.15) is 18.3 Å². The lowest BCUT2D eigenvalue weighted by molar-refractivity contribution is -0.144. The first-order chi connectivity index (χ1) is 13.6. The minimum atomic E-state index is -4.70. The van der Waals surface area contributed by atoms with E-state index in [2.05, 4.69) is 15.1 Å². The number of hydrogen-bond donors (Lipinski definition) is 3. The highest BCUT2D eigenvalue weighted by molar-refractivity contribution is 6.36. The minimum absolute atomic E-state index is 0.102. The van der Waals surface area contributed by atoms with Crippen molar-refractivity contribution in [1.29, 1.82) is 5.41 Å². The van der Waals surface area contributed by atoms with Gasteiger partial charge in [-0.15, -0.1) is 0 Å². The molecule has 156 valence electrons. The zero-order chi connectivity index (χ0) is 21.3. The van der Waals surface area contributed by atoms with Gasteiger partial charge in [0.05, 0.1) is 23.3 Å². The van der Waals surface area contributed by atoms with Crippen molar-refractivity contribution >= 4 is 34.7 Å². The van der Waals surface area contributed by atoms with E-state index in [-0.39, 0.29) is 34.6 Å². The van der Waals surface area contributed by atoms with Gasteiger partial charge in [0, 0.05) is 30.1 Å². The molecule has 1 aliphatic heterocycles. The molecule has 0 aliphatic carbocycles. The van der Waals surface area contributed by atoms with Gasteiger partial charge < -0.3 is 11.1 Å². The summed E-state index contributed by atoms with van der Waals surface area (Å²) in [7, 11) is 0. The van der Waals surface area contributed by atoms with Crippen LogP contribution in [0.2, 0.25) is 10.0 Å². The minimum Gasteiger partial charge on any atom is -0.386 e. The molecule has 0 saturated heterocycles. The number of benzene rings is 1. The molecule has 1 atom stereocenters. The summed E-state index contributed by atoms with van der Waals surface area (Å²) in [6.07, 6.45) is -4.80. The summed E-state index contributed by atoms with van der Waals surface area (Å²) >= 11 is 12.2. The quantitative estimate of drug-likeness (QED) is 0.368. The lowest BCUT2D eigenvalue weighted by Crippen LogP contribution is -2.50. The van der Waals surface area contributed by atoms with Crippen molar-refractivity contribution in [1.82, 2.24) is 20.1 Å². The molecule has 0 radical (unpaired) electrons. The molecule has 0 spiro atoms. The molecule has 0 saturated carbocycles. The van der Waals surface area contributed by atoms with E-state index in [9.17, 15) is 17.6 Å². The van der Waals surface area contributed by atoms with Crippen molar-refractivity contribution < 1.29 is 17.6 Å². The molecule has 1 aromatic heterocycles. The predicted molar refractivity (Wildman–Crippen MR) is 99.9 cm³/mol. The number of H-pyrrole nitrogens is 1. The molecular weight excluding hydrogens is 437 g/mol. The molecule has 1 aliphatic rings. The van der Waals surface area contributed by atoms with Crippen molar-refractivity contribution in [3.63, 3.8) is 0 Å². The van der Waals surface area contributed by atoms with Gasteiger partial charge in [0.25, 0.3) is 0 Å². The maximum absolute atomic E-state index is 13.8. The van der Waals surface area contributed by atoms with Crippen molar-refractivity contribution in [2.75, 3.05) is 13.1 Å². The Morgan fingerprint density at radius 2 is 2.07 bits per heavy atom. The largest absolute Gasteiger partial charge is 0.451 e. The van der Waals surface area contributed by atoms with Crippen LogP contribution in [0.25, 0.3) is 0 Å². The van der Waals surface area contributed by atoms with Gasteiger partial charge >= 0.3 is 6.18 Å². The molecule has 3 rings (SSSR count). The average Bonchev–Trinajstić information content (AvgIpc) is 3.15. The van der Waals surface area contributed by atoms with Crippen LogP contribution in [0.1, 0.15) is 23.6 Å². The smallest absolute Gasteiger partial charge is 0.386 e. The molecule has 1 aromatic carbocycles. The van der Waals surface area contributed by atoms with E-state index < -0.39 is 29.7 Å². The lowest BCUT2D eigenvalue weighted by atomic mass is 10.0. The van der Waals surface area contributed by atoms with Crippen LogP contribution in [0.3, 0.4) is 0 Å². The molecule has 0 bridgehead atoms. The Balaban J connectivity index is 1.81. The fourth-order valence-corrected chi connectivity index (χ4v) is 3.39. The number of nitrogens with two attached hydrogens (primary N) is 1. The van der Waals surface area contributed by atoms with Crippen molar-refractivity contribution in [2.24, 2.45) is 10.7 Å². The highest BCUT2D eigenvalue weighted by Gasteiger charge is 2.36. The third-order valence-corrected chi connectivity index (χ3v) is 5.15. The van der Waals surface area contributed by atoms with Gasteiger partial charge in [0.15, 0.2) is 5.82 Å². The van der Waals surface area contributed by atoms with Gasteiger partial charge in [-0.3, -0.25) is 15.0 Å². The Morgan fingerprint density at radius 3 is 2.72 bits per heavy atom. The number of aromatic amines is 1. The van der Waals surface area contributed by atoms with Crippen molar-refractivity contribution in [3.8, 4) is 0 Å². The van der Waals surface area contributed by atoms with E-state index in [1.807, 2.05) is 0 Å². The lowest BCUT2D eigenvalue weighted by Gasteiger charge is -2.34. The number of alkyl halides is 3. The van der Waals surface area contributed by atoms with Gasteiger partial charge in [-0.05, 0) is 12.1 Å². The number of rotatable bonds is 5. The SMILES string of the molecule is N=C(CC1C(N)=NCCN1Cc1c(Cl)ccc(F)c1Cl)c1n[nH]c(C(F)(F)F)n1. The zero-order valence-electron chi connectivity index (χ0n) is 14.7. The Bertz CT molecular complexity index is 957. The van der Waals surface area contributed by atoms with Gasteiger partial charge in [-0.1, -0.05) is 23.2 Å². The number of amidine groups is 1. The van der Waals surface area contributed by atoms with Crippen LogP contribution in [0.5, 0.6) is 0 Å². The first-order valence-electron chi connectivity index (χ1n) is 8.31. The van der Waals surface area contributed by atoms with Crippen LogP contribution in [0.15, 0.2) is 17.1 Å². The number of aliphatic imine (C=N–C) groups is 1. The summed E-state index contributed by atoms with van der Waals surface area (Å²) in [5.74, 6) is -2.12. The summed E-state index contributed by atoms with van der Waals surface area (Å²) in [4.78, 5) is 9.24. The van der Waals surface area contributed by atoms with Crippen LogP contribution < -0.4 is 5.73 Å². The summed E-state index contributed by atoms with van der Waals surface area (Å²) in [5.41, 5.74) is 6.06. The molecule has 4 N–H and O–H groups in total. The van der Waals surface area contributed by atoms with E-state index >= 15 is 0 Å². The number of hydrogen-bond acceptors (Lipinski definition) is 6.